The summed E-state index contributed by atoms with van der Waals surface area (Å²) in [5.74, 6) is 0.818. The van der Waals surface area contributed by atoms with Gasteiger partial charge in [-0.3, -0.25) is 9.89 Å². The second-order valence-electron chi connectivity index (χ2n) is 5.54. The molecule has 1 aliphatic rings. The molecule has 0 saturated heterocycles. The van der Waals surface area contributed by atoms with Crippen LogP contribution in [0.1, 0.15) is 16.8 Å². The molecular weight excluding hydrogens is 296 g/mol. The van der Waals surface area contributed by atoms with E-state index < -0.39 is 0 Å². The zero-order valence-corrected chi connectivity index (χ0v) is 13.0. The number of hydrogen-bond donors (Lipinski definition) is 3. The molecule has 7 nitrogen and oxygen atoms in total. The Balaban J connectivity index is 1.50. The number of rotatable bonds is 4. The van der Waals surface area contributed by atoms with Gasteiger partial charge in [0, 0.05) is 25.2 Å². The molecule has 0 spiro atoms. The van der Waals surface area contributed by atoms with E-state index in [2.05, 4.69) is 15.5 Å². The van der Waals surface area contributed by atoms with Crippen LogP contribution in [0.4, 0.5) is 4.79 Å². The van der Waals surface area contributed by atoms with E-state index in [1.807, 2.05) is 24.3 Å². The van der Waals surface area contributed by atoms with Gasteiger partial charge in [-0.1, -0.05) is 12.1 Å². The van der Waals surface area contributed by atoms with Gasteiger partial charge >= 0.3 is 6.03 Å². The molecule has 2 heterocycles. The summed E-state index contributed by atoms with van der Waals surface area (Å²) < 4.78 is 5.12. The minimum absolute atomic E-state index is 0.134. The molecular formula is C16H20N4O3. The van der Waals surface area contributed by atoms with Crippen LogP contribution < -0.4 is 15.6 Å². The molecule has 1 aromatic carbocycles. The lowest BCUT2D eigenvalue weighted by molar-refractivity contribution is 0.192. The number of nitrogens with zero attached hydrogens (tertiary/aromatic N) is 1. The lowest BCUT2D eigenvalue weighted by Crippen LogP contribution is -2.44. The number of aromatic amines is 2. The second-order valence-corrected chi connectivity index (χ2v) is 5.54. The van der Waals surface area contributed by atoms with E-state index in [0.717, 1.165) is 23.4 Å². The highest BCUT2D eigenvalue weighted by molar-refractivity contribution is 5.74. The van der Waals surface area contributed by atoms with Crippen LogP contribution in [0.5, 0.6) is 5.75 Å². The Morgan fingerprint density at radius 2 is 2.09 bits per heavy atom. The van der Waals surface area contributed by atoms with Crippen molar-refractivity contribution in [3.8, 4) is 5.75 Å². The highest BCUT2D eigenvalue weighted by Gasteiger charge is 2.23. The number of ether oxygens (including phenoxy) is 1. The maximum atomic E-state index is 12.2. The topological polar surface area (TPSA) is 90.2 Å². The Bertz CT molecular complexity index is 733. The van der Waals surface area contributed by atoms with Gasteiger partial charge in [0.25, 0.3) is 5.56 Å². The van der Waals surface area contributed by atoms with E-state index in [9.17, 15) is 9.59 Å². The van der Waals surface area contributed by atoms with Crippen molar-refractivity contribution in [3.05, 3.63) is 51.4 Å². The number of urea groups is 1. The molecule has 23 heavy (non-hydrogen) atoms. The van der Waals surface area contributed by atoms with Crippen molar-refractivity contribution in [2.24, 2.45) is 0 Å². The van der Waals surface area contributed by atoms with Crippen molar-refractivity contribution >= 4 is 6.03 Å². The molecule has 0 bridgehead atoms. The third kappa shape index (κ3) is 3.39. The maximum absolute atomic E-state index is 12.2. The van der Waals surface area contributed by atoms with Gasteiger partial charge in [0.1, 0.15) is 5.75 Å². The van der Waals surface area contributed by atoms with E-state index in [-0.39, 0.29) is 11.6 Å². The van der Waals surface area contributed by atoms with Gasteiger partial charge in [-0.05, 0) is 24.1 Å². The summed E-state index contributed by atoms with van der Waals surface area (Å²) in [4.78, 5) is 25.5. The Labute approximate surface area is 133 Å². The predicted octanol–water partition coefficient (Wildman–Crippen LogP) is 1.02. The fraction of sp³-hybridized carbons (Fsp3) is 0.375. The van der Waals surface area contributed by atoms with Crippen molar-refractivity contribution in [1.29, 1.82) is 0 Å². The highest BCUT2D eigenvalue weighted by atomic mass is 16.5. The number of carbonyl (C=O) groups excluding carboxylic acids is 1. The Kier molecular flexibility index (Phi) is 4.36. The van der Waals surface area contributed by atoms with E-state index >= 15 is 0 Å². The van der Waals surface area contributed by atoms with Crippen LogP contribution in [0.2, 0.25) is 0 Å². The number of methoxy groups -OCH3 is 1. The minimum Gasteiger partial charge on any atom is -0.497 e. The monoisotopic (exact) mass is 316 g/mol. The van der Waals surface area contributed by atoms with Gasteiger partial charge in [0.05, 0.1) is 19.2 Å². The number of nitrogens with one attached hydrogen (secondary N) is 3. The largest absolute Gasteiger partial charge is 0.497 e. The summed E-state index contributed by atoms with van der Waals surface area (Å²) in [5, 5.41) is 8.32. The second kappa shape index (κ2) is 6.60. The van der Waals surface area contributed by atoms with Crippen molar-refractivity contribution in [2.45, 2.75) is 19.4 Å². The molecule has 2 amide bonds. The zero-order valence-electron chi connectivity index (χ0n) is 13.0. The molecule has 0 saturated carbocycles. The third-order valence-electron chi connectivity index (χ3n) is 4.08. The predicted molar refractivity (Wildman–Crippen MR) is 85.6 cm³/mol. The van der Waals surface area contributed by atoms with E-state index in [0.29, 0.717) is 31.6 Å². The molecule has 7 heteroatoms. The van der Waals surface area contributed by atoms with E-state index in [4.69, 9.17) is 4.74 Å². The fourth-order valence-corrected chi connectivity index (χ4v) is 2.71. The average Bonchev–Trinajstić information content (AvgIpc) is 2.96. The average molecular weight is 316 g/mol. The summed E-state index contributed by atoms with van der Waals surface area (Å²) in [6, 6.07) is 7.64. The van der Waals surface area contributed by atoms with Gasteiger partial charge in [-0.25, -0.2) is 4.79 Å². The molecule has 0 unspecified atom stereocenters. The zero-order chi connectivity index (χ0) is 16.2. The smallest absolute Gasteiger partial charge is 0.317 e. The first-order valence-electron chi connectivity index (χ1n) is 7.61. The van der Waals surface area contributed by atoms with Crippen LogP contribution in [-0.2, 0) is 19.4 Å². The lowest BCUT2D eigenvalue weighted by atomic mass is 10.1. The van der Waals surface area contributed by atoms with Crippen molar-refractivity contribution in [2.75, 3.05) is 20.2 Å². The maximum Gasteiger partial charge on any atom is 0.317 e. The van der Waals surface area contributed by atoms with Crippen molar-refractivity contribution in [1.82, 2.24) is 20.4 Å². The standard InChI is InChI=1S/C16H20N4O3/c1-23-12-4-2-11(3-5-12)6-8-17-16(22)20-9-7-14-13(10-20)15(21)19-18-14/h2-5H,6-10H2,1H3,(H,17,22)(H2,18,19,21). The number of aromatic nitrogens is 2. The van der Waals surface area contributed by atoms with Crippen LogP contribution in [0.25, 0.3) is 0 Å². The SMILES string of the molecule is COc1ccc(CCNC(=O)N2CCc3[nH][nH]c(=O)c3C2)cc1. The van der Waals surface area contributed by atoms with Crippen LogP contribution in [0.3, 0.4) is 0 Å². The van der Waals surface area contributed by atoms with Crippen LogP contribution >= 0.6 is 0 Å². The molecule has 2 aromatic rings. The summed E-state index contributed by atoms with van der Waals surface area (Å²) in [6.45, 7) is 1.51. The minimum atomic E-state index is -0.143. The van der Waals surface area contributed by atoms with Crippen LogP contribution in [0, 0.1) is 0 Å². The molecule has 0 radical (unpaired) electrons. The van der Waals surface area contributed by atoms with Gasteiger partial charge in [0.2, 0.25) is 0 Å². The molecule has 0 aliphatic carbocycles. The normalized spacial score (nSPS) is 13.5. The molecule has 0 fully saturated rings. The number of fused-ring (bicyclic) bond motifs is 1. The number of carbonyl (C=O) groups is 1. The Morgan fingerprint density at radius 3 is 2.83 bits per heavy atom. The molecule has 122 valence electrons. The third-order valence-corrected chi connectivity index (χ3v) is 4.08. The number of benzene rings is 1. The van der Waals surface area contributed by atoms with Gasteiger partial charge < -0.3 is 20.1 Å². The molecule has 1 aromatic heterocycles. The number of amides is 2. The summed E-state index contributed by atoms with van der Waals surface area (Å²) in [6.07, 6.45) is 1.42. The molecule has 3 N–H and O–H groups in total. The summed E-state index contributed by atoms with van der Waals surface area (Å²) in [7, 11) is 1.63. The van der Waals surface area contributed by atoms with Gasteiger partial charge in [-0.15, -0.1) is 0 Å². The highest BCUT2D eigenvalue weighted by Crippen LogP contribution is 2.13. The number of H-pyrrole nitrogens is 2. The lowest BCUT2D eigenvalue weighted by Gasteiger charge is -2.26. The van der Waals surface area contributed by atoms with Crippen molar-refractivity contribution < 1.29 is 9.53 Å². The van der Waals surface area contributed by atoms with Crippen molar-refractivity contribution in [3.63, 3.8) is 0 Å². The molecule has 0 atom stereocenters. The first kappa shape index (κ1) is 15.2. The Hall–Kier alpha value is -2.70. The van der Waals surface area contributed by atoms with Crippen LogP contribution in [0.15, 0.2) is 29.1 Å². The Morgan fingerprint density at radius 1 is 1.30 bits per heavy atom. The summed E-state index contributed by atoms with van der Waals surface area (Å²) >= 11 is 0. The van der Waals surface area contributed by atoms with E-state index in [1.54, 1.807) is 12.0 Å². The van der Waals surface area contributed by atoms with E-state index in [1.165, 1.54) is 0 Å². The first-order valence-corrected chi connectivity index (χ1v) is 7.61. The van der Waals surface area contributed by atoms with Crippen LogP contribution in [-0.4, -0.2) is 41.3 Å². The van der Waals surface area contributed by atoms with Gasteiger partial charge in [0.15, 0.2) is 0 Å². The molecule has 1 aliphatic heterocycles. The summed E-state index contributed by atoms with van der Waals surface area (Å²) in [5.41, 5.74) is 2.55. The van der Waals surface area contributed by atoms with Gasteiger partial charge in [-0.2, -0.15) is 0 Å². The quantitative estimate of drug-likeness (QED) is 0.786. The first-order chi connectivity index (χ1) is 11.2. The number of hydrogen-bond acceptors (Lipinski definition) is 3. The fourth-order valence-electron chi connectivity index (χ4n) is 2.71. The molecule has 3 rings (SSSR count).